The minimum absolute atomic E-state index is 0.158. The summed E-state index contributed by atoms with van der Waals surface area (Å²) >= 11 is 0. The maximum atomic E-state index is 10.6. The number of likely N-dealkylation sites (N-methyl/N-ethyl adjacent to an activating group) is 1. The zero-order chi connectivity index (χ0) is 12.3. The first-order valence-electron chi connectivity index (χ1n) is 6.56. The summed E-state index contributed by atoms with van der Waals surface area (Å²) in [6, 6.07) is 3.72. The molecule has 1 aromatic rings. The first-order valence-corrected chi connectivity index (χ1v) is 6.56. The van der Waals surface area contributed by atoms with Crippen molar-refractivity contribution in [3.63, 3.8) is 0 Å². The van der Waals surface area contributed by atoms with Crippen LogP contribution in [0.25, 0.3) is 0 Å². The molecule has 0 bridgehead atoms. The van der Waals surface area contributed by atoms with Gasteiger partial charge in [-0.2, -0.15) is 0 Å². The van der Waals surface area contributed by atoms with Crippen LogP contribution in [0.4, 0.5) is 0 Å². The Morgan fingerprint density at radius 2 is 1.88 bits per heavy atom. The number of hydrogen-bond acceptors (Lipinski definition) is 3. The van der Waals surface area contributed by atoms with Crippen LogP contribution in [0.15, 0.2) is 22.8 Å². The second kappa shape index (κ2) is 5.23. The van der Waals surface area contributed by atoms with Crippen molar-refractivity contribution >= 4 is 0 Å². The molecular formula is C14H23NO2. The van der Waals surface area contributed by atoms with Crippen molar-refractivity contribution in [2.24, 2.45) is 0 Å². The van der Waals surface area contributed by atoms with Crippen LogP contribution >= 0.6 is 0 Å². The molecule has 1 N–H and O–H groups in total. The SMILES string of the molecule is CN(C)C1(C(O)c2ccco2)CCCCCC1. The summed E-state index contributed by atoms with van der Waals surface area (Å²) in [6.07, 6.45) is 8.14. The highest BCUT2D eigenvalue weighted by Crippen LogP contribution is 2.41. The molecule has 0 saturated heterocycles. The van der Waals surface area contributed by atoms with E-state index in [2.05, 4.69) is 19.0 Å². The summed E-state index contributed by atoms with van der Waals surface area (Å²) in [5.41, 5.74) is -0.158. The summed E-state index contributed by atoms with van der Waals surface area (Å²) in [6.45, 7) is 0. The minimum Gasteiger partial charge on any atom is -0.467 e. The van der Waals surface area contributed by atoms with Crippen LogP contribution in [0.3, 0.4) is 0 Å². The maximum Gasteiger partial charge on any atom is 0.134 e. The van der Waals surface area contributed by atoms with Gasteiger partial charge in [0.1, 0.15) is 11.9 Å². The molecule has 1 fully saturated rings. The van der Waals surface area contributed by atoms with Crippen molar-refractivity contribution in [1.82, 2.24) is 4.90 Å². The standard InChI is InChI=1S/C14H23NO2/c1-15(2)14(9-5-3-4-6-10-14)13(16)12-8-7-11-17-12/h7-8,11,13,16H,3-6,9-10H2,1-2H3. The number of furan rings is 1. The number of aliphatic hydroxyl groups excluding tert-OH is 1. The van der Waals surface area contributed by atoms with Gasteiger partial charge in [-0.05, 0) is 39.1 Å². The smallest absolute Gasteiger partial charge is 0.134 e. The summed E-state index contributed by atoms with van der Waals surface area (Å²) in [4.78, 5) is 2.19. The quantitative estimate of drug-likeness (QED) is 0.821. The molecule has 2 rings (SSSR count). The zero-order valence-electron chi connectivity index (χ0n) is 10.9. The van der Waals surface area contributed by atoms with Gasteiger partial charge in [0, 0.05) is 0 Å². The molecule has 17 heavy (non-hydrogen) atoms. The van der Waals surface area contributed by atoms with Crippen molar-refractivity contribution in [3.8, 4) is 0 Å². The molecule has 1 unspecified atom stereocenters. The lowest BCUT2D eigenvalue weighted by atomic mass is 9.82. The van der Waals surface area contributed by atoms with E-state index < -0.39 is 6.10 Å². The summed E-state index contributed by atoms with van der Waals surface area (Å²) < 4.78 is 5.39. The van der Waals surface area contributed by atoms with Gasteiger partial charge in [-0.15, -0.1) is 0 Å². The lowest BCUT2D eigenvalue weighted by Gasteiger charge is -2.42. The Hall–Kier alpha value is -0.800. The van der Waals surface area contributed by atoms with E-state index in [1.54, 1.807) is 6.26 Å². The van der Waals surface area contributed by atoms with E-state index in [0.29, 0.717) is 5.76 Å². The fourth-order valence-corrected chi connectivity index (χ4v) is 3.02. The van der Waals surface area contributed by atoms with Crippen LogP contribution in [-0.2, 0) is 0 Å². The van der Waals surface area contributed by atoms with E-state index in [0.717, 1.165) is 12.8 Å². The van der Waals surface area contributed by atoms with Crippen molar-refractivity contribution in [1.29, 1.82) is 0 Å². The molecule has 0 amide bonds. The Kier molecular flexibility index (Phi) is 3.89. The molecule has 1 heterocycles. The average Bonchev–Trinajstić information content (AvgIpc) is 2.72. The van der Waals surface area contributed by atoms with E-state index in [1.165, 1.54) is 25.7 Å². The van der Waals surface area contributed by atoms with E-state index in [9.17, 15) is 5.11 Å². The zero-order valence-corrected chi connectivity index (χ0v) is 10.9. The Labute approximate surface area is 103 Å². The molecule has 96 valence electrons. The maximum absolute atomic E-state index is 10.6. The number of rotatable bonds is 3. The second-order valence-electron chi connectivity index (χ2n) is 5.33. The van der Waals surface area contributed by atoms with Gasteiger partial charge in [-0.1, -0.05) is 25.7 Å². The Balaban J connectivity index is 2.26. The Bertz CT molecular complexity index is 324. The molecule has 0 aromatic carbocycles. The predicted molar refractivity (Wildman–Crippen MR) is 67.8 cm³/mol. The van der Waals surface area contributed by atoms with E-state index in [4.69, 9.17) is 4.42 Å². The Morgan fingerprint density at radius 1 is 1.24 bits per heavy atom. The summed E-state index contributed by atoms with van der Waals surface area (Å²) in [5, 5.41) is 10.6. The van der Waals surface area contributed by atoms with Gasteiger partial charge < -0.3 is 14.4 Å². The van der Waals surface area contributed by atoms with Crippen LogP contribution in [0, 0.1) is 0 Å². The molecule has 0 aliphatic heterocycles. The molecule has 3 heteroatoms. The van der Waals surface area contributed by atoms with Gasteiger partial charge in [-0.3, -0.25) is 0 Å². The van der Waals surface area contributed by atoms with E-state index in [-0.39, 0.29) is 5.54 Å². The average molecular weight is 237 g/mol. The normalized spacial score (nSPS) is 22.4. The van der Waals surface area contributed by atoms with Gasteiger partial charge >= 0.3 is 0 Å². The first-order chi connectivity index (χ1) is 8.17. The molecule has 1 aromatic heterocycles. The molecule has 0 radical (unpaired) electrons. The number of hydrogen-bond donors (Lipinski definition) is 1. The predicted octanol–water partition coefficient (Wildman–Crippen LogP) is 2.97. The lowest BCUT2D eigenvalue weighted by Crippen LogP contribution is -2.48. The van der Waals surface area contributed by atoms with Crippen LogP contribution < -0.4 is 0 Å². The molecule has 1 aliphatic rings. The molecule has 3 nitrogen and oxygen atoms in total. The highest BCUT2D eigenvalue weighted by atomic mass is 16.4. The minimum atomic E-state index is -0.523. The van der Waals surface area contributed by atoms with Crippen molar-refractivity contribution < 1.29 is 9.52 Å². The fourth-order valence-electron chi connectivity index (χ4n) is 3.02. The lowest BCUT2D eigenvalue weighted by molar-refractivity contribution is -0.0312. The van der Waals surface area contributed by atoms with E-state index in [1.807, 2.05) is 12.1 Å². The highest BCUT2D eigenvalue weighted by molar-refractivity contribution is 5.10. The molecule has 1 saturated carbocycles. The fraction of sp³-hybridized carbons (Fsp3) is 0.714. The molecular weight excluding hydrogens is 214 g/mol. The molecule has 1 atom stereocenters. The highest BCUT2D eigenvalue weighted by Gasteiger charge is 2.42. The largest absolute Gasteiger partial charge is 0.467 e. The number of nitrogens with zero attached hydrogens (tertiary/aromatic N) is 1. The Morgan fingerprint density at radius 3 is 2.35 bits per heavy atom. The third-order valence-electron chi connectivity index (χ3n) is 4.18. The van der Waals surface area contributed by atoms with Crippen LogP contribution in [-0.4, -0.2) is 29.6 Å². The van der Waals surface area contributed by atoms with Gasteiger partial charge in [0.2, 0.25) is 0 Å². The molecule has 1 aliphatic carbocycles. The third-order valence-corrected chi connectivity index (χ3v) is 4.18. The van der Waals surface area contributed by atoms with E-state index >= 15 is 0 Å². The van der Waals surface area contributed by atoms with Gasteiger partial charge in [0.05, 0.1) is 11.8 Å². The second-order valence-corrected chi connectivity index (χ2v) is 5.33. The monoisotopic (exact) mass is 237 g/mol. The van der Waals surface area contributed by atoms with Gasteiger partial charge in [0.25, 0.3) is 0 Å². The molecule has 0 spiro atoms. The van der Waals surface area contributed by atoms with Crippen LogP contribution in [0.5, 0.6) is 0 Å². The van der Waals surface area contributed by atoms with Crippen molar-refractivity contribution in [2.75, 3.05) is 14.1 Å². The van der Waals surface area contributed by atoms with Crippen LogP contribution in [0.2, 0.25) is 0 Å². The third kappa shape index (κ3) is 2.40. The number of aliphatic hydroxyl groups is 1. The van der Waals surface area contributed by atoms with Crippen molar-refractivity contribution in [3.05, 3.63) is 24.2 Å². The van der Waals surface area contributed by atoms with Crippen molar-refractivity contribution in [2.45, 2.75) is 50.2 Å². The van der Waals surface area contributed by atoms with Crippen LogP contribution in [0.1, 0.15) is 50.4 Å². The van der Waals surface area contributed by atoms with Gasteiger partial charge in [0.15, 0.2) is 0 Å². The summed E-state index contributed by atoms with van der Waals surface area (Å²) in [5.74, 6) is 0.695. The topological polar surface area (TPSA) is 36.6 Å². The summed E-state index contributed by atoms with van der Waals surface area (Å²) in [7, 11) is 4.13. The van der Waals surface area contributed by atoms with Gasteiger partial charge in [-0.25, -0.2) is 0 Å². The first kappa shape index (κ1) is 12.7.